The van der Waals surface area contributed by atoms with Gasteiger partial charge in [-0.1, -0.05) is 6.92 Å². The minimum atomic E-state index is 0.131. The zero-order valence-electron chi connectivity index (χ0n) is 6.29. The van der Waals surface area contributed by atoms with E-state index in [9.17, 15) is 0 Å². The number of thiazole rings is 1. The normalized spacial score (nSPS) is 13.5. The van der Waals surface area contributed by atoms with Crippen LogP contribution >= 0.6 is 11.3 Å². The average Bonchev–Trinajstić information content (AvgIpc) is 2.34. The van der Waals surface area contributed by atoms with Crippen molar-refractivity contribution >= 4 is 11.3 Å². The SMILES string of the molecule is CCC(N)c1ncsc1C. The summed E-state index contributed by atoms with van der Waals surface area (Å²) in [5.41, 5.74) is 8.69. The molecule has 0 amide bonds. The molecule has 1 heterocycles. The fourth-order valence-corrected chi connectivity index (χ4v) is 1.51. The first-order valence-electron chi connectivity index (χ1n) is 3.41. The highest BCUT2D eigenvalue weighted by Crippen LogP contribution is 2.18. The van der Waals surface area contributed by atoms with Crippen LogP contribution in [0.25, 0.3) is 0 Å². The van der Waals surface area contributed by atoms with Gasteiger partial charge in [0.15, 0.2) is 0 Å². The van der Waals surface area contributed by atoms with Gasteiger partial charge in [-0.2, -0.15) is 0 Å². The van der Waals surface area contributed by atoms with Crippen molar-refractivity contribution in [2.24, 2.45) is 5.73 Å². The molecule has 0 aliphatic rings. The predicted octanol–water partition coefficient (Wildman–Crippen LogP) is 1.86. The van der Waals surface area contributed by atoms with Crippen LogP contribution in [0.15, 0.2) is 5.51 Å². The van der Waals surface area contributed by atoms with Crippen LogP contribution in [0.3, 0.4) is 0 Å². The van der Waals surface area contributed by atoms with Gasteiger partial charge in [-0.3, -0.25) is 0 Å². The van der Waals surface area contributed by atoms with E-state index in [0.717, 1.165) is 12.1 Å². The van der Waals surface area contributed by atoms with E-state index in [-0.39, 0.29) is 6.04 Å². The second kappa shape index (κ2) is 3.12. The first-order valence-corrected chi connectivity index (χ1v) is 4.29. The van der Waals surface area contributed by atoms with Crippen molar-refractivity contribution in [1.29, 1.82) is 0 Å². The van der Waals surface area contributed by atoms with Crippen molar-refractivity contribution in [2.45, 2.75) is 26.3 Å². The summed E-state index contributed by atoms with van der Waals surface area (Å²) in [4.78, 5) is 5.42. The smallest absolute Gasteiger partial charge is 0.0798 e. The zero-order chi connectivity index (χ0) is 7.56. The fraction of sp³-hybridized carbons (Fsp3) is 0.571. The molecule has 0 aromatic carbocycles. The summed E-state index contributed by atoms with van der Waals surface area (Å²) in [5.74, 6) is 0. The van der Waals surface area contributed by atoms with Gasteiger partial charge in [0.25, 0.3) is 0 Å². The highest BCUT2D eigenvalue weighted by Gasteiger charge is 2.07. The van der Waals surface area contributed by atoms with Crippen molar-refractivity contribution in [3.63, 3.8) is 0 Å². The molecule has 3 heteroatoms. The third-order valence-corrected chi connectivity index (χ3v) is 2.35. The van der Waals surface area contributed by atoms with E-state index in [1.807, 2.05) is 5.51 Å². The van der Waals surface area contributed by atoms with Gasteiger partial charge >= 0.3 is 0 Å². The van der Waals surface area contributed by atoms with Crippen LogP contribution in [0.5, 0.6) is 0 Å². The van der Waals surface area contributed by atoms with Crippen LogP contribution in [0.1, 0.15) is 30.0 Å². The van der Waals surface area contributed by atoms with Gasteiger partial charge in [-0.05, 0) is 13.3 Å². The molecule has 0 bridgehead atoms. The van der Waals surface area contributed by atoms with Gasteiger partial charge in [0.05, 0.1) is 11.2 Å². The molecule has 1 rings (SSSR count). The highest BCUT2D eigenvalue weighted by atomic mass is 32.1. The summed E-state index contributed by atoms with van der Waals surface area (Å²) in [5, 5.41) is 0. The molecule has 0 radical (unpaired) electrons. The van der Waals surface area contributed by atoms with Gasteiger partial charge in [0.1, 0.15) is 0 Å². The molecule has 2 N–H and O–H groups in total. The average molecular weight is 156 g/mol. The zero-order valence-corrected chi connectivity index (χ0v) is 7.11. The second-order valence-corrected chi connectivity index (χ2v) is 3.37. The molecule has 1 unspecified atom stereocenters. The van der Waals surface area contributed by atoms with Gasteiger partial charge in [-0.15, -0.1) is 11.3 Å². The highest BCUT2D eigenvalue weighted by molar-refractivity contribution is 7.09. The lowest BCUT2D eigenvalue weighted by Gasteiger charge is -2.04. The van der Waals surface area contributed by atoms with Crippen LogP contribution in [0.2, 0.25) is 0 Å². The van der Waals surface area contributed by atoms with Gasteiger partial charge in [0.2, 0.25) is 0 Å². The number of nitrogens with two attached hydrogens (primary N) is 1. The molecule has 1 aromatic heterocycles. The third-order valence-electron chi connectivity index (χ3n) is 1.57. The summed E-state index contributed by atoms with van der Waals surface area (Å²) in [7, 11) is 0. The molecule has 0 aliphatic carbocycles. The van der Waals surface area contributed by atoms with E-state index in [2.05, 4.69) is 18.8 Å². The summed E-state index contributed by atoms with van der Waals surface area (Å²) in [6.07, 6.45) is 0.963. The van der Waals surface area contributed by atoms with Gasteiger partial charge in [0, 0.05) is 10.9 Å². The quantitative estimate of drug-likeness (QED) is 0.709. The molecule has 0 saturated carbocycles. The number of hydrogen-bond acceptors (Lipinski definition) is 3. The Labute approximate surface area is 65.1 Å². The minimum Gasteiger partial charge on any atom is -0.323 e. The van der Waals surface area contributed by atoms with Gasteiger partial charge < -0.3 is 5.73 Å². The predicted molar refractivity (Wildman–Crippen MR) is 44.1 cm³/mol. The molecule has 2 nitrogen and oxygen atoms in total. The maximum atomic E-state index is 5.78. The Balaban J connectivity index is 2.82. The number of hydrogen-bond donors (Lipinski definition) is 1. The lowest BCUT2D eigenvalue weighted by Crippen LogP contribution is -2.09. The molecule has 0 aliphatic heterocycles. The molecule has 0 fully saturated rings. The molecule has 1 aromatic rings. The lowest BCUT2D eigenvalue weighted by atomic mass is 10.1. The Kier molecular flexibility index (Phi) is 2.40. The maximum absolute atomic E-state index is 5.78. The Morgan fingerprint density at radius 2 is 2.50 bits per heavy atom. The van der Waals surface area contributed by atoms with Crippen LogP contribution in [0.4, 0.5) is 0 Å². The fourth-order valence-electron chi connectivity index (χ4n) is 0.864. The molecule has 10 heavy (non-hydrogen) atoms. The van der Waals surface area contributed by atoms with Crippen molar-refractivity contribution in [3.8, 4) is 0 Å². The van der Waals surface area contributed by atoms with E-state index in [0.29, 0.717) is 0 Å². The molecule has 1 atom stereocenters. The third kappa shape index (κ3) is 1.36. The summed E-state index contributed by atoms with van der Waals surface area (Å²) in [6, 6.07) is 0.131. The Hall–Kier alpha value is -0.410. The molecule has 0 spiro atoms. The van der Waals surface area contributed by atoms with Crippen LogP contribution in [-0.4, -0.2) is 4.98 Å². The largest absolute Gasteiger partial charge is 0.323 e. The van der Waals surface area contributed by atoms with E-state index in [4.69, 9.17) is 5.73 Å². The maximum Gasteiger partial charge on any atom is 0.0798 e. The number of aryl methyl sites for hydroxylation is 1. The summed E-state index contributed by atoms with van der Waals surface area (Å²) in [6.45, 7) is 4.13. The van der Waals surface area contributed by atoms with Crippen molar-refractivity contribution in [2.75, 3.05) is 0 Å². The second-order valence-electron chi connectivity index (χ2n) is 2.31. The number of aromatic nitrogens is 1. The molecular formula is C7H12N2S. The Morgan fingerprint density at radius 3 is 2.90 bits per heavy atom. The monoisotopic (exact) mass is 156 g/mol. The van der Waals surface area contributed by atoms with Crippen molar-refractivity contribution in [3.05, 3.63) is 16.1 Å². The number of rotatable bonds is 2. The van der Waals surface area contributed by atoms with Crippen LogP contribution in [-0.2, 0) is 0 Å². The van der Waals surface area contributed by atoms with Crippen molar-refractivity contribution in [1.82, 2.24) is 4.98 Å². The van der Waals surface area contributed by atoms with E-state index in [1.165, 1.54) is 4.88 Å². The molecule has 0 saturated heterocycles. The Bertz CT molecular complexity index is 207. The van der Waals surface area contributed by atoms with Gasteiger partial charge in [-0.25, -0.2) is 4.98 Å². The molecular weight excluding hydrogens is 144 g/mol. The topological polar surface area (TPSA) is 38.9 Å². The van der Waals surface area contributed by atoms with E-state index >= 15 is 0 Å². The minimum absolute atomic E-state index is 0.131. The standard InChI is InChI=1S/C7H12N2S/c1-3-6(8)7-5(2)10-4-9-7/h4,6H,3,8H2,1-2H3. The summed E-state index contributed by atoms with van der Waals surface area (Å²) < 4.78 is 0. The first kappa shape index (κ1) is 7.69. The molecule has 56 valence electrons. The van der Waals surface area contributed by atoms with E-state index < -0.39 is 0 Å². The van der Waals surface area contributed by atoms with Crippen LogP contribution < -0.4 is 5.73 Å². The number of nitrogens with zero attached hydrogens (tertiary/aromatic N) is 1. The van der Waals surface area contributed by atoms with Crippen molar-refractivity contribution < 1.29 is 0 Å². The van der Waals surface area contributed by atoms with E-state index in [1.54, 1.807) is 11.3 Å². The first-order chi connectivity index (χ1) is 4.75. The summed E-state index contributed by atoms with van der Waals surface area (Å²) >= 11 is 1.66. The lowest BCUT2D eigenvalue weighted by molar-refractivity contribution is 0.676. The Morgan fingerprint density at radius 1 is 1.80 bits per heavy atom. The van der Waals surface area contributed by atoms with Crippen LogP contribution in [0, 0.1) is 6.92 Å².